The smallest absolute Gasteiger partial charge is 0.230 e. The van der Waals surface area contributed by atoms with E-state index in [0.717, 1.165) is 12.3 Å². The normalized spacial score (nSPS) is 10.6. The minimum absolute atomic E-state index is 0.534. The van der Waals surface area contributed by atoms with Crippen LogP contribution in [0.3, 0.4) is 0 Å². The number of hydrogen-bond acceptors (Lipinski definition) is 5. The molecule has 0 bridgehead atoms. The molecular formula is C14H19N3O2. The Balaban J connectivity index is 1.77. The molecule has 1 aromatic carbocycles. The zero-order valence-corrected chi connectivity index (χ0v) is 11.3. The molecule has 0 fully saturated rings. The maximum atomic E-state index is 5.64. The summed E-state index contributed by atoms with van der Waals surface area (Å²) in [6.07, 6.45) is 0.618. The highest BCUT2D eigenvalue weighted by Gasteiger charge is 2.05. The lowest BCUT2D eigenvalue weighted by molar-refractivity contribution is 0.303. The van der Waals surface area contributed by atoms with E-state index in [4.69, 9.17) is 9.15 Å². The molecule has 1 aromatic heterocycles. The summed E-state index contributed by atoms with van der Waals surface area (Å²) in [5.74, 6) is 2.10. The largest absolute Gasteiger partial charge is 0.493 e. The highest BCUT2D eigenvalue weighted by atomic mass is 16.5. The second-order valence-electron chi connectivity index (χ2n) is 4.28. The van der Waals surface area contributed by atoms with Gasteiger partial charge in [-0.1, -0.05) is 19.1 Å². The van der Waals surface area contributed by atoms with Crippen molar-refractivity contribution < 1.29 is 9.15 Å². The van der Waals surface area contributed by atoms with Crippen LogP contribution in [0.5, 0.6) is 5.75 Å². The van der Waals surface area contributed by atoms with E-state index in [1.807, 2.05) is 38.1 Å². The zero-order valence-electron chi connectivity index (χ0n) is 11.3. The standard InChI is InChI=1S/C14H19N3O2/c1-3-15-10-14-17-16-13(19-14)7-8-18-12-6-4-5-11(2)9-12/h4-6,9,15H,3,7-8,10H2,1-2H3. The molecule has 2 aromatic rings. The highest BCUT2D eigenvalue weighted by Crippen LogP contribution is 2.12. The topological polar surface area (TPSA) is 60.2 Å². The van der Waals surface area contributed by atoms with E-state index in [2.05, 4.69) is 15.5 Å². The van der Waals surface area contributed by atoms with Gasteiger partial charge < -0.3 is 14.5 Å². The molecule has 0 saturated carbocycles. The maximum Gasteiger partial charge on any atom is 0.230 e. The average Bonchev–Trinajstić information content (AvgIpc) is 2.84. The number of hydrogen-bond donors (Lipinski definition) is 1. The summed E-state index contributed by atoms with van der Waals surface area (Å²) < 4.78 is 11.1. The third-order valence-corrected chi connectivity index (χ3v) is 2.61. The van der Waals surface area contributed by atoms with Crippen molar-refractivity contribution in [2.75, 3.05) is 13.2 Å². The van der Waals surface area contributed by atoms with Crippen molar-refractivity contribution in [3.8, 4) is 5.75 Å². The predicted octanol–water partition coefficient (Wildman–Crippen LogP) is 2.11. The monoisotopic (exact) mass is 261 g/mol. The summed E-state index contributed by atoms with van der Waals surface area (Å²) in [7, 11) is 0. The zero-order chi connectivity index (χ0) is 13.5. The Morgan fingerprint density at radius 3 is 2.89 bits per heavy atom. The predicted molar refractivity (Wildman–Crippen MR) is 72.1 cm³/mol. The lowest BCUT2D eigenvalue weighted by atomic mass is 10.2. The number of ether oxygens (including phenoxy) is 1. The Bertz CT molecular complexity index is 511. The molecule has 19 heavy (non-hydrogen) atoms. The molecule has 5 heteroatoms. The highest BCUT2D eigenvalue weighted by molar-refractivity contribution is 5.27. The summed E-state index contributed by atoms with van der Waals surface area (Å²) in [4.78, 5) is 0. The first kappa shape index (κ1) is 13.5. The van der Waals surface area contributed by atoms with Gasteiger partial charge in [0.1, 0.15) is 5.75 Å². The van der Waals surface area contributed by atoms with E-state index in [0.29, 0.717) is 31.4 Å². The van der Waals surface area contributed by atoms with Gasteiger partial charge in [-0.05, 0) is 31.2 Å². The third kappa shape index (κ3) is 4.37. The van der Waals surface area contributed by atoms with Crippen LogP contribution in [0.2, 0.25) is 0 Å². The lowest BCUT2D eigenvalue weighted by Crippen LogP contribution is -2.11. The van der Waals surface area contributed by atoms with Crippen LogP contribution in [0, 0.1) is 6.92 Å². The van der Waals surface area contributed by atoms with Crippen LogP contribution in [0.4, 0.5) is 0 Å². The molecule has 1 N–H and O–H groups in total. The molecule has 1 heterocycles. The van der Waals surface area contributed by atoms with Crippen molar-refractivity contribution in [2.45, 2.75) is 26.8 Å². The number of aryl methyl sites for hydroxylation is 1. The molecule has 102 valence electrons. The molecule has 0 aliphatic rings. The number of aromatic nitrogens is 2. The number of nitrogens with one attached hydrogen (secondary N) is 1. The first-order valence-corrected chi connectivity index (χ1v) is 6.49. The molecule has 5 nitrogen and oxygen atoms in total. The van der Waals surface area contributed by atoms with Crippen LogP contribution in [0.15, 0.2) is 28.7 Å². The molecule has 0 amide bonds. The van der Waals surface area contributed by atoms with Gasteiger partial charge in [0.2, 0.25) is 11.8 Å². The van der Waals surface area contributed by atoms with Gasteiger partial charge in [0.15, 0.2) is 0 Å². The van der Waals surface area contributed by atoms with Crippen molar-refractivity contribution in [3.05, 3.63) is 41.6 Å². The third-order valence-electron chi connectivity index (χ3n) is 2.61. The fourth-order valence-electron chi connectivity index (χ4n) is 1.65. The van der Waals surface area contributed by atoms with Crippen LogP contribution in [-0.2, 0) is 13.0 Å². The van der Waals surface area contributed by atoms with Crippen molar-refractivity contribution in [2.24, 2.45) is 0 Å². The quantitative estimate of drug-likeness (QED) is 0.827. The van der Waals surface area contributed by atoms with Gasteiger partial charge in [-0.2, -0.15) is 0 Å². The number of rotatable bonds is 7. The van der Waals surface area contributed by atoms with E-state index in [1.54, 1.807) is 0 Å². The van der Waals surface area contributed by atoms with Crippen LogP contribution in [0.25, 0.3) is 0 Å². The molecule has 0 aliphatic carbocycles. The molecule has 2 rings (SSSR count). The summed E-state index contributed by atoms with van der Waals surface area (Å²) in [6.45, 7) is 6.10. The van der Waals surface area contributed by atoms with Crippen LogP contribution in [-0.4, -0.2) is 23.3 Å². The number of benzene rings is 1. The van der Waals surface area contributed by atoms with Gasteiger partial charge >= 0.3 is 0 Å². The van der Waals surface area contributed by atoms with Gasteiger partial charge in [-0.3, -0.25) is 0 Å². The second kappa shape index (κ2) is 6.89. The van der Waals surface area contributed by atoms with E-state index in [9.17, 15) is 0 Å². The molecule has 0 spiro atoms. The van der Waals surface area contributed by atoms with Gasteiger partial charge in [0.25, 0.3) is 0 Å². The Labute approximate surface area is 113 Å². The molecule has 0 unspecified atom stereocenters. The van der Waals surface area contributed by atoms with Gasteiger partial charge in [-0.15, -0.1) is 10.2 Å². The van der Waals surface area contributed by atoms with Crippen LogP contribution >= 0.6 is 0 Å². The molecule has 0 atom stereocenters. The SMILES string of the molecule is CCNCc1nnc(CCOc2cccc(C)c2)o1. The minimum atomic E-state index is 0.534. The van der Waals surface area contributed by atoms with Gasteiger partial charge in [0.05, 0.1) is 19.6 Å². The van der Waals surface area contributed by atoms with Crippen molar-refractivity contribution in [1.82, 2.24) is 15.5 Å². The van der Waals surface area contributed by atoms with Crippen molar-refractivity contribution in [1.29, 1.82) is 0 Å². The molecule has 0 saturated heterocycles. The van der Waals surface area contributed by atoms with Crippen molar-refractivity contribution in [3.63, 3.8) is 0 Å². The van der Waals surface area contributed by atoms with Crippen LogP contribution in [0.1, 0.15) is 24.3 Å². The average molecular weight is 261 g/mol. The lowest BCUT2D eigenvalue weighted by Gasteiger charge is -2.04. The molecule has 0 radical (unpaired) electrons. The van der Waals surface area contributed by atoms with Gasteiger partial charge in [0, 0.05) is 0 Å². The Morgan fingerprint density at radius 1 is 1.26 bits per heavy atom. The molecule has 0 aliphatic heterocycles. The fourth-order valence-corrected chi connectivity index (χ4v) is 1.65. The van der Waals surface area contributed by atoms with E-state index in [-0.39, 0.29) is 0 Å². The second-order valence-corrected chi connectivity index (χ2v) is 4.28. The summed E-state index contributed by atoms with van der Waals surface area (Å²) in [6, 6.07) is 7.96. The van der Waals surface area contributed by atoms with Crippen LogP contribution < -0.4 is 10.1 Å². The Hall–Kier alpha value is -1.88. The summed E-state index contributed by atoms with van der Waals surface area (Å²) >= 11 is 0. The Morgan fingerprint density at radius 2 is 2.11 bits per heavy atom. The fraction of sp³-hybridized carbons (Fsp3) is 0.429. The van der Waals surface area contributed by atoms with Gasteiger partial charge in [-0.25, -0.2) is 0 Å². The summed E-state index contributed by atoms with van der Waals surface area (Å²) in [5.41, 5.74) is 1.18. The first-order valence-electron chi connectivity index (χ1n) is 6.49. The molecular weight excluding hydrogens is 242 g/mol. The minimum Gasteiger partial charge on any atom is -0.493 e. The first-order chi connectivity index (χ1) is 9.28. The van der Waals surface area contributed by atoms with E-state index in [1.165, 1.54) is 5.56 Å². The van der Waals surface area contributed by atoms with Crippen molar-refractivity contribution >= 4 is 0 Å². The van der Waals surface area contributed by atoms with E-state index < -0.39 is 0 Å². The maximum absolute atomic E-state index is 5.64. The van der Waals surface area contributed by atoms with E-state index >= 15 is 0 Å². The summed E-state index contributed by atoms with van der Waals surface area (Å²) in [5, 5.41) is 11.1. The Kier molecular flexibility index (Phi) is 4.92. The number of nitrogens with zero attached hydrogens (tertiary/aromatic N) is 2.